The Morgan fingerprint density at radius 2 is 1.95 bits per heavy atom. The van der Waals surface area contributed by atoms with Gasteiger partial charge in [0.05, 0.1) is 6.54 Å². The summed E-state index contributed by atoms with van der Waals surface area (Å²) in [5, 5.41) is 0. The Morgan fingerprint density at radius 3 is 2.53 bits per heavy atom. The predicted octanol–water partition coefficient (Wildman–Crippen LogP) is -0.614. The SMILES string of the molecule is NC(=O)CN1CCC(CC(N)=O)(c2ccncc2)C1. The van der Waals surface area contributed by atoms with Crippen LogP contribution in [0.4, 0.5) is 0 Å². The maximum atomic E-state index is 11.4. The molecule has 1 aromatic rings. The summed E-state index contributed by atoms with van der Waals surface area (Å²) < 4.78 is 0. The fourth-order valence-electron chi connectivity index (χ4n) is 2.83. The molecule has 1 aliphatic rings. The van der Waals surface area contributed by atoms with E-state index in [4.69, 9.17) is 11.5 Å². The Bertz CT molecular complexity index is 477. The lowest BCUT2D eigenvalue weighted by atomic mass is 9.77. The van der Waals surface area contributed by atoms with Crippen LogP contribution in [0.3, 0.4) is 0 Å². The van der Waals surface area contributed by atoms with Gasteiger partial charge in [-0.25, -0.2) is 0 Å². The third-order valence-electron chi connectivity index (χ3n) is 3.62. The van der Waals surface area contributed by atoms with Crippen molar-refractivity contribution in [3.8, 4) is 0 Å². The maximum Gasteiger partial charge on any atom is 0.231 e. The summed E-state index contributed by atoms with van der Waals surface area (Å²) in [5.74, 6) is -0.692. The van der Waals surface area contributed by atoms with Crippen LogP contribution in [0.1, 0.15) is 18.4 Å². The van der Waals surface area contributed by atoms with E-state index < -0.39 is 0 Å². The number of carbonyl (C=O) groups excluding carboxylic acids is 2. The highest BCUT2D eigenvalue weighted by Gasteiger charge is 2.41. The van der Waals surface area contributed by atoms with E-state index in [1.165, 1.54) is 0 Å². The number of hydrogen-bond acceptors (Lipinski definition) is 4. The Labute approximate surface area is 111 Å². The summed E-state index contributed by atoms with van der Waals surface area (Å²) in [4.78, 5) is 28.3. The van der Waals surface area contributed by atoms with Crippen LogP contribution in [-0.4, -0.2) is 41.3 Å². The van der Waals surface area contributed by atoms with Crippen molar-refractivity contribution in [1.82, 2.24) is 9.88 Å². The molecule has 2 rings (SSSR count). The number of rotatable bonds is 5. The highest BCUT2D eigenvalue weighted by molar-refractivity contribution is 5.77. The van der Waals surface area contributed by atoms with Gasteiger partial charge in [0, 0.05) is 30.8 Å². The van der Waals surface area contributed by atoms with Crippen molar-refractivity contribution in [3.05, 3.63) is 30.1 Å². The molecule has 1 saturated heterocycles. The summed E-state index contributed by atoms with van der Waals surface area (Å²) in [6.07, 6.45) is 4.46. The predicted molar refractivity (Wildman–Crippen MR) is 70.0 cm³/mol. The minimum Gasteiger partial charge on any atom is -0.370 e. The zero-order chi connectivity index (χ0) is 13.9. The van der Waals surface area contributed by atoms with Crippen molar-refractivity contribution >= 4 is 11.8 Å². The van der Waals surface area contributed by atoms with E-state index in [-0.39, 0.29) is 30.2 Å². The van der Waals surface area contributed by atoms with Crippen LogP contribution in [0, 0.1) is 0 Å². The van der Waals surface area contributed by atoms with E-state index in [1.54, 1.807) is 12.4 Å². The Balaban J connectivity index is 2.23. The summed E-state index contributed by atoms with van der Waals surface area (Å²) >= 11 is 0. The van der Waals surface area contributed by atoms with Crippen LogP contribution in [0.25, 0.3) is 0 Å². The van der Waals surface area contributed by atoms with Crippen molar-refractivity contribution in [3.63, 3.8) is 0 Å². The topological polar surface area (TPSA) is 102 Å². The number of nitrogens with two attached hydrogens (primary N) is 2. The lowest BCUT2D eigenvalue weighted by Gasteiger charge is -2.28. The van der Waals surface area contributed by atoms with E-state index in [0.717, 1.165) is 18.5 Å². The first-order valence-corrected chi connectivity index (χ1v) is 6.21. The van der Waals surface area contributed by atoms with Crippen molar-refractivity contribution < 1.29 is 9.59 Å². The van der Waals surface area contributed by atoms with Gasteiger partial charge >= 0.3 is 0 Å². The molecule has 4 N–H and O–H groups in total. The van der Waals surface area contributed by atoms with Crippen molar-refractivity contribution in [2.75, 3.05) is 19.6 Å². The third kappa shape index (κ3) is 3.08. The molecule has 2 amide bonds. The van der Waals surface area contributed by atoms with Crippen LogP contribution in [-0.2, 0) is 15.0 Å². The molecule has 0 radical (unpaired) electrons. The van der Waals surface area contributed by atoms with Gasteiger partial charge in [-0.05, 0) is 30.7 Å². The van der Waals surface area contributed by atoms with Gasteiger partial charge in [0.25, 0.3) is 0 Å². The number of hydrogen-bond donors (Lipinski definition) is 2. The molecule has 2 heterocycles. The minimum atomic E-state index is -0.357. The number of amides is 2. The lowest BCUT2D eigenvalue weighted by molar-refractivity contribution is -0.119. The fourth-order valence-corrected chi connectivity index (χ4v) is 2.83. The van der Waals surface area contributed by atoms with Gasteiger partial charge in [0.15, 0.2) is 0 Å². The van der Waals surface area contributed by atoms with Gasteiger partial charge in [-0.2, -0.15) is 0 Å². The average molecular weight is 262 g/mol. The van der Waals surface area contributed by atoms with E-state index in [1.807, 2.05) is 17.0 Å². The quantitative estimate of drug-likeness (QED) is 0.738. The summed E-state index contributed by atoms with van der Waals surface area (Å²) in [7, 11) is 0. The molecule has 1 aliphatic heterocycles. The van der Waals surface area contributed by atoms with E-state index in [0.29, 0.717) is 6.54 Å². The molecule has 6 heteroatoms. The van der Waals surface area contributed by atoms with Crippen LogP contribution in [0.15, 0.2) is 24.5 Å². The lowest BCUT2D eigenvalue weighted by Crippen LogP contribution is -2.38. The first-order chi connectivity index (χ1) is 9.02. The summed E-state index contributed by atoms with van der Waals surface area (Å²) in [5.41, 5.74) is 11.3. The van der Waals surface area contributed by atoms with E-state index >= 15 is 0 Å². The van der Waals surface area contributed by atoms with E-state index in [9.17, 15) is 9.59 Å². The van der Waals surface area contributed by atoms with Crippen LogP contribution >= 0.6 is 0 Å². The van der Waals surface area contributed by atoms with Gasteiger partial charge in [-0.15, -0.1) is 0 Å². The Kier molecular flexibility index (Phi) is 3.80. The molecule has 0 saturated carbocycles. The summed E-state index contributed by atoms with van der Waals surface area (Å²) in [6, 6.07) is 3.80. The average Bonchev–Trinajstić information content (AvgIpc) is 2.73. The smallest absolute Gasteiger partial charge is 0.231 e. The zero-order valence-electron chi connectivity index (χ0n) is 10.7. The highest BCUT2D eigenvalue weighted by Crippen LogP contribution is 2.37. The second-order valence-electron chi connectivity index (χ2n) is 5.09. The van der Waals surface area contributed by atoms with Gasteiger partial charge < -0.3 is 11.5 Å². The van der Waals surface area contributed by atoms with Crippen LogP contribution in [0.5, 0.6) is 0 Å². The third-order valence-corrected chi connectivity index (χ3v) is 3.62. The Hall–Kier alpha value is -1.95. The molecule has 0 bridgehead atoms. The molecule has 1 fully saturated rings. The number of aromatic nitrogens is 1. The molecular formula is C13H18N4O2. The molecule has 6 nitrogen and oxygen atoms in total. The number of nitrogens with zero attached hydrogens (tertiary/aromatic N) is 2. The largest absolute Gasteiger partial charge is 0.370 e. The van der Waals surface area contributed by atoms with Crippen LogP contribution < -0.4 is 11.5 Å². The number of pyridine rings is 1. The number of primary amides is 2. The molecule has 102 valence electrons. The van der Waals surface area contributed by atoms with Gasteiger partial charge in [-0.3, -0.25) is 19.5 Å². The molecule has 0 spiro atoms. The van der Waals surface area contributed by atoms with Crippen molar-refractivity contribution in [2.24, 2.45) is 11.5 Å². The molecule has 1 unspecified atom stereocenters. The zero-order valence-corrected chi connectivity index (χ0v) is 10.7. The maximum absolute atomic E-state index is 11.4. The van der Waals surface area contributed by atoms with Crippen molar-refractivity contribution in [2.45, 2.75) is 18.3 Å². The number of likely N-dealkylation sites (tertiary alicyclic amines) is 1. The summed E-state index contributed by atoms with van der Waals surface area (Å²) in [6.45, 7) is 1.56. The number of carbonyl (C=O) groups is 2. The first-order valence-electron chi connectivity index (χ1n) is 6.21. The molecule has 0 aliphatic carbocycles. The monoisotopic (exact) mass is 262 g/mol. The van der Waals surface area contributed by atoms with Gasteiger partial charge in [0.2, 0.25) is 11.8 Å². The minimum absolute atomic E-state index is 0.214. The molecule has 1 atom stereocenters. The van der Waals surface area contributed by atoms with Crippen LogP contribution in [0.2, 0.25) is 0 Å². The normalized spacial score (nSPS) is 23.4. The highest BCUT2D eigenvalue weighted by atomic mass is 16.1. The second kappa shape index (κ2) is 5.36. The van der Waals surface area contributed by atoms with Crippen molar-refractivity contribution in [1.29, 1.82) is 0 Å². The van der Waals surface area contributed by atoms with Gasteiger partial charge in [0.1, 0.15) is 0 Å². The molecule has 19 heavy (non-hydrogen) atoms. The standard InChI is InChI=1S/C13H18N4O2/c14-11(18)7-13(10-1-4-16-5-2-10)3-6-17(9-13)8-12(15)19/h1-2,4-5H,3,6-9H2,(H2,14,18)(H2,15,19). The van der Waals surface area contributed by atoms with Gasteiger partial charge in [-0.1, -0.05) is 0 Å². The molecule has 1 aromatic heterocycles. The molecule has 0 aromatic carbocycles. The fraction of sp³-hybridized carbons (Fsp3) is 0.462. The molecular weight excluding hydrogens is 244 g/mol. The van der Waals surface area contributed by atoms with E-state index in [2.05, 4.69) is 4.98 Å². The second-order valence-corrected chi connectivity index (χ2v) is 5.09. The Morgan fingerprint density at radius 1 is 1.26 bits per heavy atom. The first kappa shape index (κ1) is 13.5.